The zero-order valence-electron chi connectivity index (χ0n) is 4.72. The summed E-state index contributed by atoms with van der Waals surface area (Å²) < 4.78 is 0. The first-order valence-electron chi connectivity index (χ1n) is 2.64. The molecule has 0 fully saturated rings. The molecule has 0 aromatic heterocycles. The Hall–Kier alpha value is 0.285. The molecule has 2 heteroatoms. The minimum absolute atomic E-state index is 1.00. The summed E-state index contributed by atoms with van der Waals surface area (Å²) >= 11 is 4.06. The zero-order valence-corrected chi connectivity index (χ0v) is 5.62. The first-order chi connectivity index (χ1) is 3.41. The summed E-state index contributed by atoms with van der Waals surface area (Å²) in [5, 5.41) is 0. The van der Waals surface area contributed by atoms with Gasteiger partial charge in [-0.15, -0.1) is 0 Å². The monoisotopic (exact) mass is 114 g/mol. The molecule has 0 nitrogen and oxygen atoms in total. The standard InChI is InChI=1S/C5H11BS/c1-6-4-2-3-5-7/h4,7H,2-3,5H2,1H3. The third kappa shape index (κ3) is 6.28. The Balaban J connectivity index is 2.69. The maximum atomic E-state index is 4.06. The summed E-state index contributed by atoms with van der Waals surface area (Å²) in [7, 11) is 0. The topological polar surface area (TPSA) is 0 Å². The van der Waals surface area contributed by atoms with E-state index in [2.05, 4.69) is 25.5 Å². The van der Waals surface area contributed by atoms with Crippen LogP contribution < -0.4 is 0 Å². The van der Waals surface area contributed by atoms with Crippen molar-refractivity contribution in [1.29, 1.82) is 0 Å². The third-order valence-electron chi connectivity index (χ3n) is 0.765. The van der Waals surface area contributed by atoms with E-state index >= 15 is 0 Å². The summed E-state index contributed by atoms with van der Waals surface area (Å²) in [4.78, 5) is 0. The fraction of sp³-hybridized carbons (Fsp3) is 0.800. The Bertz CT molecular complexity index is 52.0. The van der Waals surface area contributed by atoms with Crippen LogP contribution in [0.4, 0.5) is 0 Å². The van der Waals surface area contributed by atoms with Gasteiger partial charge in [-0.1, -0.05) is 0 Å². The average molecular weight is 114 g/mol. The van der Waals surface area contributed by atoms with E-state index in [0.29, 0.717) is 0 Å². The third-order valence-corrected chi connectivity index (χ3v) is 1.08. The molecule has 0 saturated carbocycles. The van der Waals surface area contributed by atoms with Crippen molar-refractivity contribution in [2.75, 3.05) is 5.75 Å². The van der Waals surface area contributed by atoms with Crippen molar-refractivity contribution < 1.29 is 0 Å². The molecule has 0 aromatic carbocycles. The molecule has 0 N–H and O–H groups in total. The molecule has 0 rings (SSSR count). The van der Waals surface area contributed by atoms with Gasteiger partial charge in [0.05, 0.1) is 0 Å². The number of unbranched alkanes of at least 4 members (excludes halogenated alkanes) is 1. The molecule has 0 aliphatic rings. The van der Waals surface area contributed by atoms with E-state index in [0.717, 1.165) is 5.75 Å². The van der Waals surface area contributed by atoms with Crippen LogP contribution in [-0.2, 0) is 0 Å². The molecule has 0 bridgehead atoms. The van der Waals surface area contributed by atoms with Gasteiger partial charge in [0.15, 0.2) is 0 Å². The predicted octanol–water partition coefficient (Wildman–Crippen LogP) is 1.25. The van der Waals surface area contributed by atoms with Gasteiger partial charge >= 0.3 is 50.9 Å². The number of hydrogen-bond donors (Lipinski definition) is 1. The molecule has 0 saturated heterocycles. The van der Waals surface area contributed by atoms with Crippen LogP contribution >= 0.6 is 12.6 Å². The molecule has 0 heterocycles. The van der Waals surface area contributed by atoms with E-state index in [9.17, 15) is 0 Å². The van der Waals surface area contributed by atoms with Crippen molar-refractivity contribution in [1.82, 2.24) is 0 Å². The fourth-order valence-electron chi connectivity index (χ4n) is 0.376. The van der Waals surface area contributed by atoms with Gasteiger partial charge in [-0.05, 0) is 0 Å². The summed E-state index contributed by atoms with van der Waals surface area (Å²) in [5.74, 6) is 3.17. The van der Waals surface area contributed by atoms with E-state index in [-0.39, 0.29) is 0 Å². The normalized spacial score (nSPS) is 9.43. The zero-order chi connectivity index (χ0) is 5.54. The predicted molar refractivity (Wildman–Crippen MR) is 40.8 cm³/mol. The summed E-state index contributed by atoms with van der Waals surface area (Å²) in [6.45, 7) is 4.11. The molecule has 7 heavy (non-hydrogen) atoms. The molecular formula is C5H11BS. The second-order valence-electron chi connectivity index (χ2n) is 1.43. The van der Waals surface area contributed by atoms with Gasteiger partial charge in [0.1, 0.15) is 0 Å². The van der Waals surface area contributed by atoms with Crippen LogP contribution in [0.15, 0.2) is 0 Å². The Kier molecular flexibility index (Phi) is 6.54. The first-order valence-corrected chi connectivity index (χ1v) is 3.27. The molecule has 0 atom stereocenters. The molecule has 40 valence electrons. The van der Waals surface area contributed by atoms with Crippen molar-refractivity contribution in [3.05, 3.63) is 0 Å². The Morgan fingerprint density at radius 2 is 2.43 bits per heavy atom. The summed E-state index contributed by atoms with van der Waals surface area (Å²) in [6, 6.07) is 0. The van der Waals surface area contributed by atoms with E-state index in [1.807, 2.05) is 6.82 Å². The Morgan fingerprint density at radius 3 is 2.86 bits per heavy atom. The molecule has 0 radical (unpaired) electrons. The second kappa shape index (κ2) is 6.28. The van der Waals surface area contributed by atoms with Crippen molar-refractivity contribution in [2.45, 2.75) is 19.7 Å². The Morgan fingerprint density at radius 1 is 1.71 bits per heavy atom. The molecule has 0 spiro atoms. The maximum absolute atomic E-state index is 4.06. The van der Waals surface area contributed by atoms with Crippen molar-refractivity contribution in [2.24, 2.45) is 0 Å². The van der Waals surface area contributed by atoms with Gasteiger partial charge in [0.25, 0.3) is 0 Å². The van der Waals surface area contributed by atoms with Crippen LogP contribution in [0.3, 0.4) is 0 Å². The molecule has 0 aliphatic carbocycles. The van der Waals surface area contributed by atoms with Crippen LogP contribution in [0.1, 0.15) is 12.8 Å². The number of rotatable bonds is 3. The molecule has 0 amide bonds. The summed E-state index contributed by atoms with van der Waals surface area (Å²) in [5.41, 5.74) is 0. The van der Waals surface area contributed by atoms with Crippen molar-refractivity contribution in [3.8, 4) is 0 Å². The van der Waals surface area contributed by atoms with Crippen LogP contribution in [0, 0.1) is 0 Å². The Labute approximate surface area is 51.6 Å². The fourth-order valence-corrected chi connectivity index (χ4v) is 0.558. The number of hydrogen-bond acceptors (Lipinski definition) is 1. The number of thiol groups is 1. The van der Waals surface area contributed by atoms with Gasteiger partial charge in [-0.2, -0.15) is 0 Å². The van der Waals surface area contributed by atoms with Crippen molar-refractivity contribution >= 4 is 25.5 Å². The van der Waals surface area contributed by atoms with Crippen LogP contribution in [0.5, 0.6) is 0 Å². The van der Waals surface area contributed by atoms with Crippen LogP contribution in [-0.4, -0.2) is 18.6 Å². The van der Waals surface area contributed by atoms with Crippen molar-refractivity contribution in [3.63, 3.8) is 0 Å². The molecule has 0 aromatic rings. The van der Waals surface area contributed by atoms with Crippen LogP contribution in [0.2, 0.25) is 6.82 Å². The van der Waals surface area contributed by atoms with Gasteiger partial charge in [0, 0.05) is 0 Å². The molecule has 0 unspecified atom stereocenters. The van der Waals surface area contributed by atoms with Gasteiger partial charge in [0.2, 0.25) is 0 Å². The summed E-state index contributed by atoms with van der Waals surface area (Å²) in [6.07, 6.45) is 2.38. The first kappa shape index (κ1) is 7.28. The molecule has 0 aliphatic heterocycles. The van der Waals surface area contributed by atoms with E-state index in [4.69, 9.17) is 0 Å². The van der Waals surface area contributed by atoms with Gasteiger partial charge in [-0.3, -0.25) is 0 Å². The van der Waals surface area contributed by atoms with E-state index < -0.39 is 0 Å². The van der Waals surface area contributed by atoms with E-state index in [1.165, 1.54) is 12.8 Å². The minimum atomic E-state index is 1.00. The van der Waals surface area contributed by atoms with Gasteiger partial charge in [-0.25, -0.2) is 0 Å². The molecular weight excluding hydrogens is 103 g/mol. The average Bonchev–Trinajstić information content (AvgIpc) is 1.69. The van der Waals surface area contributed by atoms with E-state index in [1.54, 1.807) is 0 Å². The SMILES string of the molecule is CB=CCCCS. The van der Waals surface area contributed by atoms with Crippen LogP contribution in [0.25, 0.3) is 0 Å². The second-order valence-corrected chi connectivity index (χ2v) is 1.88. The quantitative estimate of drug-likeness (QED) is 0.318. The van der Waals surface area contributed by atoms with Gasteiger partial charge < -0.3 is 0 Å².